The standard InChI is InChI=1S/C10H15N7O2S/c1-11-10-12-7-9(8-13-10)20(18,19)15-3-2-5-17-6-4-14-16-17/h4,6-8,15H,2-3,5H2,1H3,(H,11,12,13). The second-order valence-electron chi connectivity index (χ2n) is 3.91. The van der Waals surface area contributed by atoms with Crippen LogP contribution in [-0.4, -0.2) is 47.0 Å². The van der Waals surface area contributed by atoms with Gasteiger partial charge in [0.1, 0.15) is 4.90 Å². The number of nitrogens with one attached hydrogen (secondary N) is 2. The van der Waals surface area contributed by atoms with E-state index in [9.17, 15) is 8.42 Å². The fraction of sp³-hybridized carbons (Fsp3) is 0.400. The molecule has 0 bridgehead atoms. The molecule has 0 saturated heterocycles. The Hall–Kier alpha value is -2.07. The zero-order valence-electron chi connectivity index (χ0n) is 10.9. The predicted octanol–water partition coefficient (Wildman–Crippen LogP) is -0.522. The minimum atomic E-state index is -3.57. The molecular formula is C10H15N7O2S. The van der Waals surface area contributed by atoms with Gasteiger partial charge < -0.3 is 5.32 Å². The molecule has 10 heteroatoms. The summed E-state index contributed by atoms with van der Waals surface area (Å²) in [6, 6.07) is 0. The smallest absolute Gasteiger partial charge is 0.243 e. The lowest BCUT2D eigenvalue weighted by Crippen LogP contribution is -2.26. The van der Waals surface area contributed by atoms with Crippen molar-refractivity contribution in [2.45, 2.75) is 17.9 Å². The van der Waals surface area contributed by atoms with E-state index in [2.05, 4.69) is 30.3 Å². The van der Waals surface area contributed by atoms with Crippen LogP contribution in [0.25, 0.3) is 0 Å². The molecule has 0 saturated carbocycles. The molecule has 0 aliphatic carbocycles. The summed E-state index contributed by atoms with van der Waals surface area (Å²) in [5.41, 5.74) is 0. The van der Waals surface area contributed by atoms with Crippen molar-refractivity contribution < 1.29 is 8.42 Å². The van der Waals surface area contributed by atoms with E-state index in [1.54, 1.807) is 24.1 Å². The molecule has 0 fully saturated rings. The number of aryl methyl sites for hydroxylation is 1. The third-order valence-corrected chi connectivity index (χ3v) is 3.91. The van der Waals surface area contributed by atoms with Gasteiger partial charge in [0.25, 0.3) is 0 Å². The summed E-state index contributed by atoms with van der Waals surface area (Å²) in [6.07, 6.45) is 6.43. The van der Waals surface area contributed by atoms with E-state index < -0.39 is 10.0 Å². The molecule has 0 atom stereocenters. The van der Waals surface area contributed by atoms with Crippen LogP contribution in [0.4, 0.5) is 5.95 Å². The molecule has 108 valence electrons. The highest BCUT2D eigenvalue weighted by molar-refractivity contribution is 7.89. The van der Waals surface area contributed by atoms with E-state index in [-0.39, 0.29) is 4.90 Å². The Labute approximate surface area is 116 Å². The van der Waals surface area contributed by atoms with Gasteiger partial charge in [0, 0.05) is 26.3 Å². The number of aromatic nitrogens is 5. The van der Waals surface area contributed by atoms with Gasteiger partial charge in [0.2, 0.25) is 16.0 Å². The molecule has 0 spiro atoms. The molecule has 0 amide bonds. The minimum absolute atomic E-state index is 0.0391. The van der Waals surface area contributed by atoms with E-state index in [1.165, 1.54) is 12.4 Å². The fourth-order valence-corrected chi connectivity index (χ4v) is 2.43. The summed E-state index contributed by atoms with van der Waals surface area (Å²) in [7, 11) is -1.92. The number of anilines is 1. The topological polar surface area (TPSA) is 115 Å². The molecule has 0 unspecified atom stereocenters. The van der Waals surface area contributed by atoms with Crippen molar-refractivity contribution in [2.24, 2.45) is 0 Å². The Bertz CT molecular complexity index is 624. The van der Waals surface area contributed by atoms with Crippen molar-refractivity contribution in [1.82, 2.24) is 29.7 Å². The number of sulfonamides is 1. The van der Waals surface area contributed by atoms with Crippen LogP contribution in [0.15, 0.2) is 29.7 Å². The van der Waals surface area contributed by atoms with Crippen LogP contribution in [0.2, 0.25) is 0 Å². The Balaban J connectivity index is 1.86. The maximum Gasteiger partial charge on any atom is 0.243 e. The minimum Gasteiger partial charge on any atom is -0.357 e. The van der Waals surface area contributed by atoms with Crippen molar-refractivity contribution in [3.05, 3.63) is 24.8 Å². The molecular weight excluding hydrogens is 282 g/mol. The number of hydrogen-bond donors (Lipinski definition) is 2. The van der Waals surface area contributed by atoms with E-state index >= 15 is 0 Å². The fourth-order valence-electron chi connectivity index (χ4n) is 1.47. The molecule has 20 heavy (non-hydrogen) atoms. The summed E-state index contributed by atoms with van der Waals surface area (Å²) >= 11 is 0. The van der Waals surface area contributed by atoms with Crippen LogP contribution >= 0.6 is 0 Å². The Kier molecular flexibility index (Phi) is 4.58. The van der Waals surface area contributed by atoms with Crippen LogP contribution in [0.1, 0.15) is 6.42 Å². The van der Waals surface area contributed by atoms with Crippen molar-refractivity contribution in [3.8, 4) is 0 Å². The van der Waals surface area contributed by atoms with Crippen LogP contribution in [-0.2, 0) is 16.6 Å². The van der Waals surface area contributed by atoms with Crippen LogP contribution in [0, 0.1) is 0 Å². The van der Waals surface area contributed by atoms with Crippen molar-refractivity contribution in [2.75, 3.05) is 18.9 Å². The normalized spacial score (nSPS) is 11.4. The van der Waals surface area contributed by atoms with Gasteiger partial charge >= 0.3 is 0 Å². The van der Waals surface area contributed by atoms with Gasteiger partial charge in [0.15, 0.2) is 0 Å². The summed E-state index contributed by atoms with van der Waals surface area (Å²) in [4.78, 5) is 7.78. The average molecular weight is 297 g/mol. The van der Waals surface area contributed by atoms with Gasteiger partial charge in [0.05, 0.1) is 18.6 Å². The highest BCUT2D eigenvalue weighted by Crippen LogP contribution is 2.06. The molecule has 2 N–H and O–H groups in total. The first kappa shape index (κ1) is 14.3. The second kappa shape index (κ2) is 6.39. The molecule has 0 aliphatic rings. The van der Waals surface area contributed by atoms with Crippen molar-refractivity contribution in [3.63, 3.8) is 0 Å². The number of rotatable bonds is 7. The first-order chi connectivity index (χ1) is 9.62. The van der Waals surface area contributed by atoms with E-state index in [4.69, 9.17) is 0 Å². The van der Waals surface area contributed by atoms with Gasteiger partial charge in [-0.3, -0.25) is 4.68 Å². The highest BCUT2D eigenvalue weighted by Gasteiger charge is 2.14. The van der Waals surface area contributed by atoms with Crippen LogP contribution in [0.5, 0.6) is 0 Å². The zero-order valence-corrected chi connectivity index (χ0v) is 11.7. The molecule has 0 radical (unpaired) electrons. The third kappa shape index (κ3) is 3.71. The molecule has 2 heterocycles. The maximum absolute atomic E-state index is 11.9. The number of nitrogens with zero attached hydrogens (tertiary/aromatic N) is 5. The average Bonchev–Trinajstić information content (AvgIpc) is 2.97. The van der Waals surface area contributed by atoms with Gasteiger partial charge in [-0.15, -0.1) is 5.10 Å². The first-order valence-corrected chi connectivity index (χ1v) is 7.44. The maximum atomic E-state index is 11.9. The van der Waals surface area contributed by atoms with Gasteiger partial charge in [-0.1, -0.05) is 5.21 Å². The summed E-state index contributed by atoms with van der Waals surface area (Å²) in [5.74, 6) is 0.370. The monoisotopic (exact) mass is 297 g/mol. The van der Waals surface area contributed by atoms with E-state index in [1.807, 2.05) is 0 Å². The van der Waals surface area contributed by atoms with E-state index in [0.29, 0.717) is 25.5 Å². The lowest BCUT2D eigenvalue weighted by molar-refractivity contribution is 0.542. The lowest BCUT2D eigenvalue weighted by Gasteiger charge is -2.06. The summed E-state index contributed by atoms with van der Waals surface area (Å²) in [6.45, 7) is 0.897. The summed E-state index contributed by atoms with van der Waals surface area (Å²) < 4.78 is 28.0. The number of hydrogen-bond acceptors (Lipinski definition) is 7. The van der Waals surface area contributed by atoms with Crippen molar-refractivity contribution >= 4 is 16.0 Å². The van der Waals surface area contributed by atoms with Crippen LogP contribution in [0.3, 0.4) is 0 Å². The Morgan fingerprint density at radius 1 is 1.30 bits per heavy atom. The Morgan fingerprint density at radius 2 is 2.05 bits per heavy atom. The third-order valence-electron chi connectivity index (χ3n) is 2.49. The SMILES string of the molecule is CNc1ncc(S(=O)(=O)NCCCn2ccnn2)cn1. The first-order valence-electron chi connectivity index (χ1n) is 5.95. The molecule has 2 rings (SSSR count). The summed E-state index contributed by atoms with van der Waals surface area (Å²) in [5, 5.41) is 10.2. The quantitative estimate of drug-likeness (QED) is 0.661. The zero-order chi connectivity index (χ0) is 14.4. The molecule has 2 aromatic heterocycles. The highest BCUT2D eigenvalue weighted by atomic mass is 32.2. The molecule has 2 aromatic rings. The molecule has 9 nitrogen and oxygen atoms in total. The van der Waals surface area contributed by atoms with Crippen LogP contribution < -0.4 is 10.0 Å². The van der Waals surface area contributed by atoms with Gasteiger partial charge in [-0.25, -0.2) is 23.1 Å². The van der Waals surface area contributed by atoms with Gasteiger partial charge in [-0.2, -0.15) is 0 Å². The second-order valence-corrected chi connectivity index (χ2v) is 5.68. The predicted molar refractivity (Wildman–Crippen MR) is 71.4 cm³/mol. The molecule has 0 aliphatic heterocycles. The van der Waals surface area contributed by atoms with Gasteiger partial charge in [-0.05, 0) is 6.42 Å². The van der Waals surface area contributed by atoms with Crippen molar-refractivity contribution in [1.29, 1.82) is 0 Å². The lowest BCUT2D eigenvalue weighted by atomic mass is 10.4. The molecule has 0 aromatic carbocycles. The largest absolute Gasteiger partial charge is 0.357 e. The Morgan fingerprint density at radius 3 is 2.65 bits per heavy atom. The van der Waals surface area contributed by atoms with E-state index in [0.717, 1.165) is 0 Å².